The monoisotopic (exact) mass is 298 g/mol. The molecule has 4 heteroatoms. The highest BCUT2D eigenvalue weighted by Gasteiger charge is 2.09. The highest BCUT2D eigenvalue weighted by molar-refractivity contribution is 6.31. The number of hydrogen-bond acceptors (Lipinski definition) is 1. The summed E-state index contributed by atoms with van der Waals surface area (Å²) in [5.74, 6) is 0. The van der Waals surface area contributed by atoms with Gasteiger partial charge in [0.25, 0.3) is 6.33 Å². The molecule has 0 aliphatic rings. The van der Waals surface area contributed by atoms with Crippen LogP contribution in [0.5, 0.6) is 0 Å². The molecule has 0 aliphatic heterocycles. The number of hydrogen-bond donors (Lipinski definition) is 0. The van der Waals surface area contributed by atoms with Crippen LogP contribution >= 0.6 is 11.6 Å². The van der Waals surface area contributed by atoms with Crippen molar-refractivity contribution in [3.8, 4) is 0 Å². The number of rotatable bonds is 4. The van der Waals surface area contributed by atoms with E-state index in [2.05, 4.69) is 40.9 Å². The third-order valence-corrected chi connectivity index (χ3v) is 3.74. The normalized spacial score (nSPS) is 10.8. The minimum absolute atomic E-state index is 0.681. The van der Waals surface area contributed by atoms with Crippen molar-refractivity contribution >= 4 is 11.6 Å². The van der Waals surface area contributed by atoms with E-state index in [0.717, 1.165) is 17.1 Å². The largest absolute Gasteiger partial charge is 0.265 e. The smallest absolute Gasteiger partial charge is 0.233 e. The maximum absolute atomic E-state index is 6.18. The van der Waals surface area contributed by atoms with E-state index < -0.39 is 0 Å². The van der Waals surface area contributed by atoms with Crippen molar-refractivity contribution in [1.82, 2.24) is 9.78 Å². The molecule has 21 heavy (non-hydrogen) atoms. The molecule has 2 aromatic carbocycles. The summed E-state index contributed by atoms with van der Waals surface area (Å²) in [5.41, 5.74) is 3.62. The molecule has 106 valence electrons. The van der Waals surface area contributed by atoms with Crippen LogP contribution in [0.15, 0.2) is 61.2 Å². The maximum Gasteiger partial charge on any atom is 0.265 e. The van der Waals surface area contributed by atoms with Gasteiger partial charge in [0.15, 0.2) is 0 Å². The SMILES string of the molecule is Cc1cccc(C[n+]2cnn(Cc3ccccc3Cl)c2)c1. The van der Waals surface area contributed by atoms with Gasteiger partial charge in [0.1, 0.15) is 6.54 Å². The van der Waals surface area contributed by atoms with E-state index in [1.165, 1.54) is 11.1 Å². The summed E-state index contributed by atoms with van der Waals surface area (Å²) in [6, 6.07) is 16.4. The molecule has 0 N–H and O–H groups in total. The molecule has 0 unspecified atom stereocenters. The van der Waals surface area contributed by atoms with Gasteiger partial charge in [0, 0.05) is 15.7 Å². The standard InChI is InChI=1S/C17H17ClN3/c1-14-5-4-6-15(9-14)10-20-12-19-21(13-20)11-16-7-2-3-8-17(16)18/h2-9,12-13H,10-11H2,1H3/q+1. The highest BCUT2D eigenvalue weighted by Crippen LogP contribution is 2.15. The second-order valence-electron chi connectivity index (χ2n) is 5.20. The molecule has 0 saturated heterocycles. The van der Waals surface area contributed by atoms with Gasteiger partial charge in [-0.25, -0.2) is 4.57 Å². The van der Waals surface area contributed by atoms with E-state index in [1.54, 1.807) is 0 Å². The second kappa shape index (κ2) is 6.10. The number of aryl methyl sites for hydroxylation is 1. The fraction of sp³-hybridized carbons (Fsp3) is 0.176. The van der Waals surface area contributed by atoms with Crippen LogP contribution in [0.4, 0.5) is 0 Å². The zero-order valence-electron chi connectivity index (χ0n) is 11.9. The average Bonchev–Trinajstić information content (AvgIpc) is 2.89. The lowest BCUT2D eigenvalue weighted by atomic mass is 10.1. The molecule has 0 fully saturated rings. The highest BCUT2D eigenvalue weighted by atomic mass is 35.5. The van der Waals surface area contributed by atoms with Gasteiger partial charge in [-0.15, -0.1) is 4.68 Å². The van der Waals surface area contributed by atoms with E-state index in [-0.39, 0.29) is 0 Å². The molecule has 0 saturated carbocycles. The first-order chi connectivity index (χ1) is 10.2. The predicted octanol–water partition coefficient (Wildman–Crippen LogP) is 3.23. The van der Waals surface area contributed by atoms with E-state index in [9.17, 15) is 0 Å². The lowest BCUT2D eigenvalue weighted by Gasteiger charge is -2.00. The summed E-state index contributed by atoms with van der Waals surface area (Å²) < 4.78 is 3.97. The third-order valence-electron chi connectivity index (χ3n) is 3.37. The number of aromatic nitrogens is 3. The molecular formula is C17H17ClN3+. The Hall–Kier alpha value is -2.13. The Balaban J connectivity index is 1.73. The zero-order chi connectivity index (χ0) is 14.7. The average molecular weight is 299 g/mol. The van der Waals surface area contributed by atoms with E-state index in [4.69, 9.17) is 11.6 Å². The third kappa shape index (κ3) is 3.50. The van der Waals surface area contributed by atoms with Crippen molar-refractivity contribution in [3.05, 3.63) is 82.9 Å². The first kappa shape index (κ1) is 13.8. The molecule has 3 rings (SSSR count). The quantitative estimate of drug-likeness (QED) is 0.678. The van der Waals surface area contributed by atoms with Gasteiger partial charge in [-0.05, 0) is 18.6 Å². The lowest BCUT2D eigenvalue weighted by Crippen LogP contribution is -2.31. The van der Waals surface area contributed by atoms with Crippen LogP contribution in [0.2, 0.25) is 5.02 Å². The molecule has 0 bridgehead atoms. The number of nitrogens with zero attached hydrogens (tertiary/aromatic N) is 3. The van der Waals surface area contributed by atoms with Crippen LogP contribution in [0.1, 0.15) is 16.7 Å². The Kier molecular flexibility index (Phi) is 4.02. The van der Waals surface area contributed by atoms with Crippen LogP contribution in [0.3, 0.4) is 0 Å². The fourth-order valence-corrected chi connectivity index (χ4v) is 2.54. The topological polar surface area (TPSA) is 21.7 Å². The first-order valence-corrected chi connectivity index (χ1v) is 7.29. The summed E-state index contributed by atoms with van der Waals surface area (Å²) in [6.07, 6.45) is 3.85. The van der Waals surface area contributed by atoms with Crippen molar-refractivity contribution in [2.45, 2.75) is 20.0 Å². The molecule has 3 nitrogen and oxygen atoms in total. The van der Waals surface area contributed by atoms with Crippen LogP contribution < -0.4 is 4.57 Å². The molecular weight excluding hydrogens is 282 g/mol. The second-order valence-corrected chi connectivity index (χ2v) is 5.60. The van der Waals surface area contributed by atoms with Crippen molar-refractivity contribution in [1.29, 1.82) is 0 Å². The number of halogens is 1. The Bertz CT molecular complexity index is 749. The van der Waals surface area contributed by atoms with Gasteiger partial charge in [-0.1, -0.05) is 59.6 Å². The maximum atomic E-state index is 6.18. The number of benzene rings is 2. The Morgan fingerprint density at radius 3 is 2.81 bits per heavy atom. The van der Waals surface area contributed by atoms with Crippen molar-refractivity contribution < 1.29 is 4.57 Å². The summed E-state index contributed by atoms with van der Waals surface area (Å²) >= 11 is 6.18. The molecule has 0 amide bonds. The van der Waals surface area contributed by atoms with E-state index in [1.807, 2.05) is 41.6 Å². The molecule has 1 aromatic heterocycles. The van der Waals surface area contributed by atoms with Gasteiger partial charge in [0.05, 0.1) is 6.54 Å². The molecule has 0 spiro atoms. The van der Waals surface area contributed by atoms with Crippen molar-refractivity contribution in [2.24, 2.45) is 0 Å². The van der Waals surface area contributed by atoms with E-state index in [0.29, 0.717) is 6.54 Å². The summed E-state index contributed by atoms with van der Waals surface area (Å²) in [6.45, 7) is 3.61. The fourth-order valence-electron chi connectivity index (χ4n) is 2.35. The summed E-state index contributed by atoms with van der Waals surface area (Å²) in [4.78, 5) is 0. The van der Waals surface area contributed by atoms with E-state index >= 15 is 0 Å². The van der Waals surface area contributed by atoms with Crippen molar-refractivity contribution in [3.63, 3.8) is 0 Å². The summed E-state index contributed by atoms with van der Waals surface area (Å²) in [7, 11) is 0. The minimum Gasteiger partial charge on any atom is -0.233 e. The van der Waals surface area contributed by atoms with Gasteiger partial charge >= 0.3 is 0 Å². The van der Waals surface area contributed by atoms with Crippen LogP contribution in [0, 0.1) is 6.92 Å². The zero-order valence-corrected chi connectivity index (χ0v) is 12.7. The van der Waals surface area contributed by atoms with Gasteiger partial charge in [-0.3, -0.25) is 0 Å². The Labute approximate surface area is 129 Å². The van der Waals surface area contributed by atoms with Gasteiger partial charge < -0.3 is 0 Å². The molecule has 0 radical (unpaired) electrons. The van der Waals surface area contributed by atoms with Gasteiger partial charge in [0.2, 0.25) is 6.33 Å². The van der Waals surface area contributed by atoms with Gasteiger partial charge in [-0.2, -0.15) is 0 Å². The predicted molar refractivity (Wildman–Crippen MR) is 83.3 cm³/mol. The molecule has 0 atom stereocenters. The van der Waals surface area contributed by atoms with Crippen LogP contribution in [0.25, 0.3) is 0 Å². The Morgan fingerprint density at radius 1 is 1.14 bits per heavy atom. The molecule has 3 aromatic rings. The molecule has 0 aliphatic carbocycles. The van der Waals surface area contributed by atoms with Crippen molar-refractivity contribution in [2.75, 3.05) is 0 Å². The Morgan fingerprint density at radius 2 is 2.00 bits per heavy atom. The minimum atomic E-state index is 0.681. The molecule has 1 heterocycles. The van der Waals surface area contributed by atoms with Crippen LogP contribution in [-0.4, -0.2) is 9.78 Å². The first-order valence-electron chi connectivity index (χ1n) is 6.91. The summed E-state index contributed by atoms with van der Waals surface area (Å²) in [5, 5.41) is 5.17. The van der Waals surface area contributed by atoms with Crippen LogP contribution in [-0.2, 0) is 13.1 Å². The lowest BCUT2D eigenvalue weighted by molar-refractivity contribution is -0.689.